The number of benzene rings is 1. The normalized spacial score (nSPS) is 17.0. The van der Waals surface area contributed by atoms with Crippen LogP contribution in [-0.4, -0.2) is 78.8 Å². The van der Waals surface area contributed by atoms with Crippen LogP contribution in [-0.2, 0) is 6.54 Å². The van der Waals surface area contributed by atoms with E-state index in [9.17, 15) is 14.7 Å². The molecule has 47 heavy (non-hydrogen) atoms. The number of fused-ring (bicyclic) bond motifs is 1. The molecule has 1 aliphatic rings. The minimum absolute atomic E-state index is 0.0154. The van der Waals surface area contributed by atoms with Gasteiger partial charge in [0.25, 0.3) is 0 Å². The molecule has 10 nitrogen and oxygen atoms in total. The van der Waals surface area contributed by atoms with E-state index in [-0.39, 0.29) is 30.5 Å². The molecule has 4 aromatic rings. The number of hydrogen-bond donors (Lipinski definition) is 1. The fourth-order valence-corrected chi connectivity index (χ4v) is 6.88. The molecule has 2 unspecified atom stereocenters. The Morgan fingerprint density at radius 1 is 1.02 bits per heavy atom. The third-order valence-electron chi connectivity index (χ3n) is 9.24. The van der Waals surface area contributed by atoms with Crippen molar-refractivity contribution in [3.8, 4) is 16.9 Å². The van der Waals surface area contributed by atoms with Crippen LogP contribution in [0.25, 0.3) is 28.0 Å². The van der Waals surface area contributed by atoms with Gasteiger partial charge in [-0.3, -0.25) is 9.88 Å². The Bertz CT molecular complexity index is 1840. The third-order valence-corrected chi connectivity index (χ3v) is 9.53. The van der Waals surface area contributed by atoms with Crippen LogP contribution in [0.3, 0.4) is 0 Å². The summed E-state index contributed by atoms with van der Waals surface area (Å²) < 4.78 is 1.62. The summed E-state index contributed by atoms with van der Waals surface area (Å²) in [5, 5.41) is 10.9. The van der Waals surface area contributed by atoms with Gasteiger partial charge in [-0.15, -0.1) is 0 Å². The van der Waals surface area contributed by atoms with Gasteiger partial charge in [0.05, 0.1) is 27.5 Å². The number of anilines is 1. The molecular formula is C36H46ClN7O3. The maximum Gasteiger partial charge on any atom is 0.407 e. The molecule has 1 saturated heterocycles. The lowest BCUT2D eigenvalue weighted by atomic mass is 9.95. The monoisotopic (exact) mass is 659 g/mol. The van der Waals surface area contributed by atoms with Crippen molar-refractivity contribution in [1.29, 1.82) is 0 Å². The summed E-state index contributed by atoms with van der Waals surface area (Å²) in [6.45, 7) is 19.4. The minimum atomic E-state index is -0.964. The van der Waals surface area contributed by atoms with Crippen LogP contribution in [0.2, 0.25) is 5.02 Å². The van der Waals surface area contributed by atoms with E-state index < -0.39 is 11.8 Å². The van der Waals surface area contributed by atoms with E-state index >= 15 is 0 Å². The molecule has 5 rings (SSSR count). The number of amides is 1. The first-order chi connectivity index (χ1) is 22.4. The van der Waals surface area contributed by atoms with E-state index in [0.717, 1.165) is 35.5 Å². The van der Waals surface area contributed by atoms with Gasteiger partial charge in [0.2, 0.25) is 0 Å². The standard InChI is InChI=1S/C36H46ClN7O3/c1-9-41(10-2)20-25-15-16-38-30(22(5)6)32(25)44-34-28(17-29(37)31(39-34)27-14-12-11-13-26(27)21(3)4)33(40-35(44)45)42-18-24(8)43(36(46)47)19-23(42)7/h11-17,21-24H,9-10,18-20H2,1-8H3,(H,46,47). The maximum absolute atomic E-state index is 14.5. The predicted octanol–water partition coefficient (Wildman–Crippen LogP) is 7.16. The topological polar surface area (TPSA) is 108 Å². The summed E-state index contributed by atoms with van der Waals surface area (Å²) in [6.07, 6.45) is 0.848. The number of piperazine rings is 1. The molecule has 0 bridgehead atoms. The number of rotatable bonds is 9. The van der Waals surface area contributed by atoms with Crippen LogP contribution >= 0.6 is 11.6 Å². The second kappa shape index (κ2) is 14.0. The molecule has 1 aliphatic heterocycles. The zero-order valence-corrected chi connectivity index (χ0v) is 29.4. The smallest absolute Gasteiger partial charge is 0.407 e. The van der Waals surface area contributed by atoms with E-state index in [4.69, 9.17) is 26.6 Å². The largest absolute Gasteiger partial charge is 0.465 e. The highest BCUT2D eigenvalue weighted by Gasteiger charge is 2.35. The number of pyridine rings is 2. The first kappa shape index (κ1) is 34.3. The molecule has 1 N–H and O–H groups in total. The minimum Gasteiger partial charge on any atom is -0.465 e. The Labute approximate surface area is 282 Å². The van der Waals surface area contributed by atoms with Crippen molar-refractivity contribution in [2.75, 3.05) is 31.1 Å². The van der Waals surface area contributed by atoms with Gasteiger partial charge in [0.15, 0.2) is 5.65 Å². The van der Waals surface area contributed by atoms with Crippen molar-refractivity contribution in [2.45, 2.75) is 85.9 Å². The molecule has 0 radical (unpaired) electrons. The van der Waals surface area contributed by atoms with Gasteiger partial charge in [-0.25, -0.2) is 19.1 Å². The Morgan fingerprint density at radius 2 is 1.72 bits per heavy atom. The van der Waals surface area contributed by atoms with E-state index in [1.165, 1.54) is 4.90 Å². The van der Waals surface area contributed by atoms with E-state index in [0.29, 0.717) is 46.3 Å². The summed E-state index contributed by atoms with van der Waals surface area (Å²) >= 11 is 7.11. The molecule has 0 aliphatic carbocycles. The van der Waals surface area contributed by atoms with Crippen molar-refractivity contribution in [3.05, 3.63) is 74.9 Å². The number of halogens is 1. The molecule has 11 heteroatoms. The molecular weight excluding hydrogens is 614 g/mol. The molecule has 1 amide bonds. The van der Waals surface area contributed by atoms with Crippen LogP contribution in [0.15, 0.2) is 47.4 Å². The number of aromatic nitrogens is 4. The molecule has 4 heterocycles. The average molecular weight is 660 g/mol. The highest BCUT2D eigenvalue weighted by molar-refractivity contribution is 6.34. The fourth-order valence-electron chi connectivity index (χ4n) is 6.63. The fraction of sp³-hybridized carbons (Fsp3) is 0.472. The van der Waals surface area contributed by atoms with Crippen molar-refractivity contribution in [3.63, 3.8) is 0 Å². The summed E-state index contributed by atoms with van der Waals surface area (Å²) in [7, 11) is 0. The van der Waals surface area contributed by atoms with Crippen molar-refractivity contribution in [1.82, 2.24) is 29.3 Å². The summed E-state index contributed by atoms with van der Waals surface area (Å²) in [6, 6.07) is 11.4. The van der Waals surface area contributed by atoms with E-state index in [1.807, 2.05) is 55.3 Å². The summed E-state index contributed by atoms with van der Waals surface area (Å²) in [5.74, 6) is 0.681. The predicted molar refractivity (Wildman–Crippen MR) is 189 cm³/mol. The highest BCUT2D eigenvalue weighted by atomic mass is 35.5. The Hall–Kier alpha value is -4.02. The van der Waals surface area contributed by atoms with Crippen LogP contribution in [0.5, 0.6) is 0 Å². The second-order valence-electron chi connectivity index (χ2n) is 13.1. The zero-order chi connectivity index (χ0) is 34.2. The van der Waals surface area contributed by atoms with Gasteiger partial charge in [-0.1, -0.05) is 77.4 Å². The highest BCUT2D eigenvalue weighted by Crippen LogP contribution is 2.38. The molecule has 3 aromatic heterocycles. The van der Waals surface area contributed by atoms with Gasteiger partial charge in [-0.2, -0.15) is 4.98 Å². The third kappa shape index (κ3) is 6.58. The Kier molecular flexibility index (Phi) is 10.2. The van der Waals surface area contributed by atoms with Crippen LogP contribution in [0.4, 0.5) is 10.6 Å². The molecule has 1 fully saturated rings. The van der Waals surface area contributed by atoms with Gasteiger partial charge < -0.3 is 14.9 Å². The quantitative estimate of drug-likeness (QED) is 0.202. The Balaban J connectivity index is 1.87. The van der Waals surface area contributed by atoms with Gasteiger partial charge >= 0.3 is 11.8 Å². The van der Waals surface area contributed by atoms with Crippen molar-refractivity contribution >= 4 is 34.5 Å². The Morgan fingerprint density at radius 3 is 2.36 bits per heavy atom. The number of carboxylic acid groups (broad SMARTS) is 1. The summed E-state index contributed by atoms with van der Waals surface area (Å²) in [4.78, 5) is 47.0. The molecule has 0 spiro atoms. The number of carbonyl (C=O) groups is 1. The van der Waals surface area contributed by atoms with E-state index in [2.05, 4.69) is 52.5 Å². The molecule has 2 atom stereocenters. The lowest BCUT2D eigenvalue weighted by Crippen LogP contribution is -2.58. The van der Waals surface area contributed by atoms with Crippen molar-refractivity contribution in [2.24, 2.45) is 0 Å². The lowest BCUT2D eigenvalue weighted by molar-refractivity contribution is 0.114. The average Bonchev–Trinajstić information content (AvgIpc) is 3.04. The van der Waals surface area contributed by atoms with Crippen LogP contribution in [0.1, 0.15) is 84.0 Å². The summed E-state index contributed by atoms with van der Waals surface area (Å²) in [5.41, 5.74) is 5.00. The van der Waals surface area contributed by atoms with E-state index in [1.54, 1.807) is 4.57 Å². The SMILES string of the molecule is CCN(CC)Cc1ccnc(C(C)C)c1-n1c(=O)nc(N2CC(C)N(C(=O)O)CC2C)c2cc(Cl)c(-c3ccccc3C(C)C)nc21. The first-order valence-corrected chi connectivity index (χ1v) is 16.9. The molecule has 0 saturated carbocycles. The van der Waals surface area contributed by atoms with Crippen LogP contribution < -0.4 is 10.6 Å². The van der Waals surface area contributed by atoms with Crippen LogP contribution in [0, 0.1) is 0 Å². The number of hydrogen-bond acceptors (Lipinski definition) is 7. The first-order valence-electron chi connectivity index (χ1n) is 16.6. The zero-order valence-electron chi connectivity index (χ0n) is 28.7. The lowest BCUT2D eigenvalue weighted by Gasteiger charge is -2.43. The van der Waals surface area contributed by atoms with Gasteiger partial charge in [-0.05, 0) is 62.0 Å². The van der Waals surface area contributed by atoms with Gasteiger partial charge in [0.1, 0.15) is 5.82 Å². The maximum atomic E-state index is 14.5. The second-order valence-corrected chi connectivity index (χ2v) is 13.5. The number of nitrogens with zero attached hydrogens (tertiary/aromatic N) is 7. The van der Waals surface area contributed by atoms with Crippen molar-refractivity contribution < 1.29 is 9.90 Å². The molecule has 250 valence electrons. The van der Waals surface area contributed by atoms with Gasteiger partial charge in [0, 0.05) is 43.5 Å². The molecule has 1 aromatic carbocycles.